The number of aliphatic carboxylic acids is 1. The minimum Gasteiger partial charge on any atom is -0.475 e. The fraction of sp³-hybridized carbons (Fsp3) is 0.429. The molecule has 1 aromatic rings. The van der Waals surface area contributed by atoms with E-state index in [9.17, 15) is 33.9 Å². The average molecular weight is 484 g/mol. The summed E-state index contributed by atoms with van der Waals surface area (Å²) in [6, 6.07) is 8.57. The monoisotopic (exact) mass is 484 g/mol. The number of ether oxygens (including phenoxy) is 3. The number of aliphatic hydroxyl groups is 1. The molecule has 0 heterocycles. The van der Waals surface area contributed by atoms with Gasteiger partial charge in [0.1, 0.15) is 12.7 Å². The number of esters is 3. The molecule has 0 spiro atoms. The van der Waals surface area contributed by atoms with Gasteiger partial charge in [-0.3, -0.25) is 14.5 Å². The van der Waals surface area contributed by atoms with Crippen LogP contribution in [-0.2, 0) is 59.4 Å². The van der Waals surface area contributed by atoms with Gasteiger partial charge in [-0.25, -0.2) is 19.2 Å². The summed E-state index contributed by atoms with van der Waals surface area (Å²) in [4.78, 5) is 78.7. The van der Waals surface area contributed by atoms with Gasteiger partial charge < -0.3 is 24.4 Å². The SMILES string of the molecule is C[C@H](O)C(=O)O[C@@H](CC(=O)OCc1ccccc1)C(=O)OO[C@@H](C)C(=O)O[C@@H](C)C(=O)C(=O)O. The highest BCUT2D eigenvalue weighted by Crippen LogP contribution is 2.10. The molecule has 13 nitrogen and oxygen atoms in total. The zero-order chi connectivity index (χ0) is 25.8. The fourth-order valence-corrected chi connectivity index (χ4v) is 2.07. The number of Topliss-reactive ketones (excluding diaryl/α,β-unsaturated/α-hetero) is 1. The lowest BCUT2D eigenvalue weighted by Gasteiger charge is -2.18. The summed E-state index contributed by atoms with van der Waals surface area (Å²) in [5.41, 5.74) is 0.655. The number of rotatable bonds is 13. The van der Waals surface area contributed by atoms with Gasteiger partial charge in [-0.05, 0) is 26.3 Å². The number of carboxylic acids is 1. The number of carbonyl (C=O) groups is 6. The number of carboxylic acid groups (broad SMARTS) is 1. The lowest BCUT2D eigenvalue weighted by Crippen LogP contribution is -2.37. The predicted molar refractivity (Wildman–Crippen MR) is 107 cm³/mol. The molecule has 0 bridgehead atoms. The molecule has 0 saturated carbocycles. The van der Waals surface area contributed by atoms with Gasteiger partial charge in [0.05, 0.1) is 6.42 Å². The molecule has 0 saturated heterocycles. The molecule has 0 aromatic heterocycles. The van der Waals surface area contributed by atoms with Gasteiger partial charge in [0.15, 0.2) is 12.2 Å². The van der Waals surface area contributed by atoms with Crippen LogP contribution >= 0.6 is 0 Å². The minimum atomic E-state index is -1.89. The van der Waals surface area contributed by atoms with E-state index in [0.29, 0.717) is 5.56 Å². The third kappa shape index (κ3) is 9.75. The Balaban J connectivity index is 2.69. The van der Waals surface area contributed by atoms with Gasteiger partial charge in [-0.1, -0.05) is 30.3 Å². The van der Waals surface area contributed by atoms with E-state index in [-0.39, 0.29) is 6.61 Å². The second-order valence-corrected chi connectivity index (χ2v) is 6.84. The zero-order valence-corrected chi connectivity index (χ0v) is 18.5. The van der Waals surface area contributed by atoms with Gasteiger partial charge in [0, 0.05) is 0 Å². The second-order valence-electron chi connectivity index (χ2n) is 6.84. The van der Waals surface area contributed by atoms with Crippen LogP contribution in [0.15, 0.2) is 30.3 Å². The van der Waals surface area contributed by atoms with E-state index in [1.165, 1.54) is 0 Å². The van der Waals surface area contributed by atoms with Crippen molar-refractivity contribution in [3.05, 3.63) is 35.9 Å². The molecule has 0 aliphatic heterocycles. The van der Waals surface area contributed by atoms with E-state index in [0.717, 1.165) is 20.8 Å². The first kappa shape index (κ1) is 28.2. The molecule has 1 aromatic carbocycles. The molecule has 1 rings (SSSR count). The lowest BCUT2D eigenvalue weighted by atomic mass is 10.2. The number of hydrogen-bond donors (Lipinski definition) is 2. The van der Waals surface area contributed by atoms with Gasteiger partial charge in [0.2, 0.25) is 6.10 Å². The largest absolute Gasteiger partial charge is 0.475 e. The van der Waals surface area contributed by atoms with Crippen molar-refractivity contribution in [2.24, 2.45) is 0 Å². The summed E-state index contributed by atoms with van der Waals surface area (Å²) in [5, 5.41) is 17.9. The summed E-state index contributed by atoms with van der Waals surface area (Å²) in [6.45, 7) is 3.00. The van der Waals surface area contributed by atoms with Crippen molar-refractivity contribution in [1.82, 2.24) is 0 Å². The maximum Gasteiger partial charge on any atom is 0.383 e. The van der Waals surface area contributed by atoms with E-state index in [1.807, 2.05) is 0 Å². The molecule has 186 valence electrons. The number of benzene rings is 1. The van der Waals surface area contributed by atoms with Crippen LogP contribution in [0.5, 0.6) is 0 Å². The van der Waals surface area contributed by atoms with Gasteiger partial charge in [-0.2, -0.15) is 4.89 Å². The Morgan fingerprint density at radius 2 is 1.47 bits per heavy atom. The molecule has 0 unspecified atom stereocenters. The van der Waals surface area contributed by atoms with E-state index in [4.69, 9.17) is 14.6 Å². The first-order valence-corrected chi connectivity index (χ1v) is 9.85. The van der Waals surface area contributed by atoms with Crippen LogP contribution in [0.1, 0.15) is 32.8 Å². The highest BCUT2D eigenvalue weighted by molar-refractivity contribution is 6.34. The van der Waals surface area contributed by atoms with E-state index in [1.54, 1.807) is 30.3 Å². The van der Waals surface area contributed by atoms with Crippen LogP contribution in [0.2, 0.25) is 0 Å². The molecule has 4 atom stereocenters. The summed E-state index contributed by atoms with van der Waals surface area (Å²) in [5.74, 6) is -8.06. The Morgan fingerprint density at radius 1 is 0.853 bits per heavy atom. The third-order valence-corrected chi connectivity index (χ3v) is 3.94. The minimum absolute atomic E-state index is 0.127. The molecule has 2 N–H and O–H groups in total. The molecule has 0 fully saturated rings. The maximum absolute atomic E-state index is 12.3. The van der Waals surface area contributed by atoms with Crippen LogP contribution in [0, 0.1) is 0 Å². The van der Waals surface area contributed by atoms with Crippen LogP contribution in [0.25, 0.3) is 0 Å². The quantitative estimate of drug-likeness (QED) is 0.124. The van der Waals surface area contributed by atoms with Crippen LogP contribution in [0.4, 0.5) is 0 Å². The van der Waals surface area contributed by atoms with Crippen molar-refractivity contribution in [2.75, 3.05) is 0 Å². The highest BCUT2D eigenvalue weighted by atomic mass is 17.2. The Bertz CT molecular complexity index is 893. The molecule has 34 heavy (non-hydrogen) atoms. The Kier molecular flexibility index (Phi) is 11.3. The Morgan fingerprint density at radius 3 is 2.03 bits per heavy atom. The Hall–Kier alpha value is -3.84. The molecule has 0 aliphatic rings. The summed E-state index contributed by atoms with van der Waals surface area (Å²) in [6.07, 6.45) is -7.56. The topological polar surface area (TPSA) is 189 Å². The van der Waals surface area contributed by atoms with Crippen molar-refractivity contribution < 1.29 is 63.0 Å². The van der Waals surface area contributed by atoms with E-state index in [2.05, 4.69) is 14.5 Å². The first-order valence-electron chi connectivity index (χ1n) is 9.85. The molecular weight excluding hydrogens is 460 g/mol. The summed E-state index contributed by atoms with van der Waals surface area (Å²) < 4.78 is 14.3. The van der Waals surface area contributed by atoms with Gasteiger partial charge in [0.25, 0.3) is 5.78 Å². The smallest absolute Gasteiger partial charge is 0.383 e. The summed E-state index contributed by atoms with van der Waals surface area (Å²) in [7, 11) is 0. The molecule has 0 amide bonds. The molecular formula is C21H24O13. The van der Waals surface area contributed by atoms with Crippen molar-refractivity contribution in [2.45, 2.75) is 58.2 Å². The fourth-order valence-electron chi connectivity index (χ4n) is 2.07. The number of ketones is 1. The predicted octanol–water partition coefficient (Wildman–Crippen LogP) is -0.139. The number of carbonyl (C=O) groups excluding carboxylic acids is 5. The van der Waals surface area contributed by atoms with Crippen LogP contribution in [-0.4, -0.2) is 70.3 Å². The summed E-state index contributed by atoms with van der Waals surface area (Å²) >= 11 is 0. The standard InChI is InChI=1S/C21H24O13/c1-11(22)19(27)32-15(9-16(23)30-10-14-7-5-4-6-8-14)21(29)34-33-13(3)20(28)31-12(2)17(24)18(25)26/h4-8,11-13,15,22H,9-10H2,1-3H3,(H,25,26)/t11-,12-,13-,15-/m0/s1. The maximum atomic E-state index is 12.3. The normalized spacial score (nSPS) is 14.0. The van der Waals surface area contributed by atoms with Crippen LogP contribution < -0.4 is 0 Å². The highest BCUT2D eigenvalue weighted by Gasteiger charge is 2.33. The molecule has 0 aliphatic carbocycles. The number of hydrogen-bond acceptors (Lipinski definition) is 12. The second kappa shape index (κ2) is 13.6. The van der Waals surface area contributed by atoms with E-state index < -0.39 is 66.5 Å². The first-order chi connectivity index (χ1) is 15.9. The zero-order valence-electron chi connectivity index (χ0n) is 18.5. The van der Waals surface area contributed by atoms with Crippen molar-refractivity contribution in [1.29, 1.82) is 0 Å². The van der Waals surface area contributed by atoms with Gasteiger partial charge in [-0.15, -0.1) is 0 Å². The van der Waals surface area contributed by atoms with Crippen LogP contribution in [0.3, 0.4) is 0 Å². The molecule has 0 radical (unpaired) electrons. The van der Waals surface area contributed by atoms with Crippen molar-refractivity contribution in [3.63, 3.8) is 0 Å². The average Bonchev–Trinajstić information content (AvgIpc) is 2.80. The Labute approximate surface area is 193 Å². The van der Waals surface area contributed by atoms with Crippen molar-refractivity contribution >= 4 is 35.6 Å². The van der Waals surface area contributed by atoms with Gasteiger partial charge >= 0.3 is 29.8 Å². The lowest BCUT2D eigenvalue weighted by molar-refractivity contribution is -0.299. The third-order valence-electron chi connectivity index (χ3n) is 3.94. The van der Waals surface area contributed by atoms with Crippen molar-refractivity contribution in [3.8, 4) is 0 Å². The molecule has 13 heteroatoms. The number of aliphatic hydroxyl groups excluding tert-OH is 1. The van der Waals surface area contributed by atoms with E-state index >= 15 is 0 Å².